The molecule has 1 aromatic heterocycles. The number of carbonyl (C=O) groups is 2. The Balaban J connectivity index is 3.22. The Kier molecular flexibility index (Phi) is 2.05. The maximum absolute atomic E-state index is 10.4. The van der Waals surface area contributed by atoms with E-state index in [9.17, 15) is 9.59 Å². The van der Waals surface area contributed by atoms with Crippen LogP contribution >= 0.6 is 11.3 Å². The first-order valence-electron chi connectivity index (χ1n) is 2.94. The quantitative estimate of drug-likeness (QED) is 0.685. The van der Waals surface area contributed by atoms with Gasteiger partial charge in [0.25, 0.3) is 0 Å². The summed E-state index contributed by atoms with van der Waals surface area (Å²) in [7, 11) is 0. The summed E-state index contributed by atoms with van der Waals surface area (Å²) in [6, 6.07) is 1.57. The van der Waals surface area contributed by atoms with Crippen molar-refractivity contribution in [1.29, 1.82) is 0 Å². The third-order valence-electron chi connectivity index (χ3n) is 1.21. The van der Waals surface area contributed by atoms with Crippen molar-refractivity contribution < 1.29 is 14.7 Å². The molecule has 0 fully saturated rings. The molecule has 1 N–H and O–H groups in total. The van der Waals surface area contributed by atoms with Gasteiger partial charge in [0.1, 0.15) is 4.88 Å². The zero-order valence-corrected chi connectivity index (χ0v) is 6.64. The molecule has 0 aromatic carbocycles. The third-order valence-corrected chi connectivity index (χ3v) is 2.26. The maximum atomic E-state index is 10.4. The fraction of sp³-hybridized carbons (Fsp3) is 0.143. The molecule has 0 unspecified atom stereocenters. The van der Waals surface area contributed by atoms with E-state index in [1.54, 1.807) is 13.0 Å². The molecular formula is C7H6O3S. The van der Waals surface area contributed by atoms with Crippen molar-refractivity contribution in [3.05, 3.63) is 21.4 Å². The zero-order valence-electron chi connectivity index (χ0n) is 5.83. The minimum absolute atomic E-state index is 0.123. The van der Waals surface area contributed by atoms with Crippen LogP contribution in [0.1, 0.15) is 24.9 Å². The highest BCUT2D eigenvalue weighted by Crippen LogP contribution is 2.19. The lowest BCUT2D eigenvalue weighted by Crippen LogP contribution is -1.95. The molecule has 3 nitrogen and oxygen atoms in total. The number of thiophene rings is 1. The molecule has 0 aliphatic heterocycles. The van der Waals surface area contributed by atoms with Crippen LogP contribution in [0.25, 0.3) is 0 Å². The number of aldehydes is 1. The van der Waals surface area contributed by atoms with Crippen LogP contribution in [0, 0.1) is 6.92 Å². The average Bonchev–Trinajstić information content (AvgIpc) is 2.30. The minimum Gasteiger partial charge on any atom is -0.477 e. The highest BCUT2D eigenvalue weighted by molar-refractivity contribution is 7.14. The average molecular weight is 170 g/mol. The van der Waals surface area contributed by atoms with Crippen molar-refractivity contribution in [2.75, 3.05) is 0 Å². The van der Waals surface area contributed by atoms with Gasteiger partial charge in [-0.2, -0.15) is 0 Å². The van der Waals surface area contributed by atoms with E-state index in [4.69, 9.17) is 5.11 Å². The number of aryl methyl sites for hydroxylation is 1. The Bertz CT molecular complexity index is 301. The molecule has 0 spiro atoms. The molecular weight excluding hydrogens is 164 g/mol. The zero-order chi connectivity index (χ0) is 8.43. The van der Waals surface area contributed by atoms with E-state index in [1.165, 1.54) is 0 Å². The summed E-state index contributed by atoms with van der Waals surface area (Å²) in [4.78, 5) is 21.7. The molecule has 0 bridgehead atoms. The first-order valence-corrected chi connectivity index (χ1v) is 3.75. The molecule has 1 rings (SSSR count). The fourth-order valence-electron chi connectivity index (χ4n) is 0.789. The molecule has 1 heterocycles. The summed E-state index contributed by atoms with van der Waals surface area (Å²) in [5.41, 5.74) is 0.264. The van der Waals surface area contributed by atoms with E-state index < -0.39 is 5.97 Å². The van der Waals surface area contributed by atoms with Gasteiger partial charge in [-0.25, -0.2) is 4.79 Å². The lowest BCUT2D eigenvalue weighted by molar-refractivity contribution is 0.0699. The Labute approximate surface area is 67.3 Å². The van der Waals surface area contributed by atoms with Gasteiger partial charge >= 0.3 is 5.97 Å². The van der Waals surface area contributed by atoms with Gasteiger partial charge in [-0.3, -0.25) is 4.79 Å². The standard InChI is InChI=1S/C7H6O3S/c1-4-2-5(3-8)6(11-4)7(9)10/h2-3H,1H3,(H,9,10). The van der Waals surface area contributed by atoms with Crippen LogP contribution in [-0.4, -0.2) is 17.4 Å². The van der Waals surface area contributed by atoms with E-state index in [2.05, 4.69) is 0 Å². The topological polar surface area (TPSA) is 54.4 Å². The van der Waals surface area contributed by atoms with Crippen molar-refractivity contribution in [2.24, 2.45) is 0 Å². The number of carboxylic acid groups (broad SMARTS) is 1. The molecule has 0 aliphatic rings. The summed E-state index contributed by atoms with van der Waals surface area (Å²) in [6.45, 7) is 1.77. The first kappa shape index (κ1) is 7.94. The van der Waals surface area contributed by atoms with E-state index in [-0.39, 0.29) is 10.4 Å². The van der Waals surface area contributed by atoms with Gasteiger partial charge in [0.2, 0.25) is 0 Å². The SMILES string of the molecule is Cc1cc(C=O)c(C(=O)O)s1. The van der Waals surface area contributed by atoms with Gasteiger partial charge in [-0.15, -0.1) is 11.3 Å². The predicted molar refractivity (Wildman–Crippen MR) is 41.4 cm³/mol. The van der Waals surface area contributed by atoms with Gasteiger partial charge in [0.05, 0.1) is 0 Å². The van der Waals surface area contributed by atoms with Crippen LogP contribution in [-0.2, 0) is 0 Å². The second-order valence-corrected chi connectivity index (χ2v) is 3.32. The summed E-state index contributed by atoms with van der Waals surface area (Å²) in [5.74, 6) is -1.04. The molecule has 0 saturated heterocycles. The smallest absolute Gasteiger partial charge is 0.346 e. The van der Waals surface area contributed by atoms with Crippen molar-refractivity contribution in [3.8, 4) is 0 Å². The van der Waals surface area contributed by atoms with Crippen LogP contribution in [0.4, 0.5) is 0 Å². The van der Waals surface area contributed by atoms with E-state index in [0.29, 0.717) is 6.29 Å². The van der Waals surface area contributed by atoms with Crippen LogP contribution in [0.3, 0.4) is 0 Å². The molecule has 0 saturated carbocycles. The van der Waals surface area contributed by atoms with Gasteiger partial charge in [-0.1, -0.05) is 0 Å². The summed E-state index contributed by atoms with van der Waals surface area (Å²) < 4.78 is 0. The molecule has 0 atom stereocenters. The Morgan fingerprint density at radius 2 is 2.36 bits per heavy atom. The van der Waals surface area contributed by atoms with Crippen LogP contribution < -0.4 is 0 Å². The van der Waals surface area contributed by atoms with Gasteiger partial charge in [0.15, 0.2) is 6.29 Å². The van der Waals surface area contributed by atoms with Gasteiger partial charge in [0, 0.05) is 10.4 Å². The number of carbonyl (C=O) groups excluding carboxylic acids is 1. The first-order chi connectivity index (χ1) is 5.15. The number of carboxylic acids is 1. The minimum atomic E-state index is -1.04. The number of rotatable bonds is 2. The van der Waals surface area contributed by atoms with E-state index in [1.807, 2.05) is 0 Å². The Morgan fingerprint density at radius 1 is 1.73 bits per heavy atom. The number of aromatic carboxylic acids is 1. The maximum Gasteiger partial charge on any atom is 0.346 e. The summed E-state index contributed by atoms with van der Waals surface area (Å²) in [5, 5.41) is 8.56. The highest BCUT2D eigenvalue weighted by atomic mass is 32.1. The second kappa shape index (κ2) is 2.84. The predicted octanol–water partition coefficient (Wildman–Crippen LogP) is 1.57. The fourth-order valence-corrected chi connectivity index (χ4v) is 1.61. The number of hydrogen-bond acceptors (Lipinski definition) is 3. The van der Waals surface area contributed by atoms with Crippen LogP contribution in [0.15, 0.2) is 6.07 Å². The van der Waals surface area contributed by atoms with Crippen molar-refractivity contribution in [3.63, 3.8) is 0 Å². The van der Waals surface area contributed by atoms with Crippen molar-refractivity contribution in [1.82, 2.24) is 0 Å². The molecule has 0 amide bonds. The highest BCUT2D eigenvalue weighted by Gasteiger charge is 2.12. The van der Waals surface area contributed by atoms with Crippen LogP contribution in [0.2, 0.25) is 0 Å². The number of hydrogen-bond donors (Lipinski definition) is 1. The third kappa shape index (κ3) is 1.46. The Hall–Kier alpha value is -1.16. The van der Waals surface area contributed by atoms with Gasteiger partial charge < -0.3 is 5.11 Å². The van der Waals surface area contributed by atoms with E-state index >= 15 is 0 Å². The lowest BCUT2D eigenvalue weighted by atomic mass is 10.3. The Morgan fingerprint density at radius 3 is 2.73 bits per heavy atom. The molecule has 0 aliphatic carbocycles. The van der Waals surface area contributed by atoms with Crippen LogP contribution in [0.5, 0.6) is 0 Å². The summed E-state index contributed by atoms with van der Waals surface area (Å²) >= 11 is 1.12. The molecule has 11 heavy (non-hydrogen) atoms. The molecule has 58 valence electrons. The second-order valence-electron chi connectivity index (χ2n) is 2.06. The molecule has 1 aromatic rings. The van der Waals surface area contributed by atoms with Crippen molar-refractivity contribution >= 4 is 23.6 Å². The molecule has 0 radical (unpaired) electrons. The van der Waals surface area contributed by atoms with Gasteiger partial charge in [-0.05, 0) is 13.0 Å². The van der Waals surface area contributed by atoms with Crippen molar-refractivity contribution in [2.45, 2.75) is 6.92 Å². The lowest BCUT2D eigenvalue weighted by Gasteiger charge is -1.85. The largest absolute Gasteiger partial charge is 0.477 e. The monoisotopic (exact) mass is 170 g/mol. The summed E-state index contributed by atoms with van der Waals surface area (Å²) in [6.07, 6.45) is 0.562. The normalized spacial score (nSPS) is 9.55. The molecule has 4 heteroatoms. The van der Waals surface area contributed by atoms with E-state index in [0.717, 1.165) is 16.2 Å².